The van der Waals surface area contributed by atoms with Crippen LogP contribution in [-0.2, 0) is 9.59 Å². The molecule has 1 saturated heterocycles. The van der Waals surface area contributed by atoms with E-state index in [-0.39, 0.29) is 11.5 Å². The van der Waals surface area contributed by atoms with Gasteiger partial charge in [-0.25, -0.2) is 5.01 Å². The maximum Gasteiger partial charge on any atom is 0.282 e. The van der Waals surface area contributed by atoms with Crippen molar-refractivity contribution in [3.63, 3.8) is 0 Å². The summed E-state index contributed by atoms with van der Waals surface area (Å²) < 4.78 is 2.12. The van der Waals surface area contributed by atoms with Gasteiger partial charge in [0.25, 0.3) is 11.8 Å². The smallest absolute Gasteiger partial charge is 0.282 e. The fourth-order valence-corrected chi connectivity index (χ4v) is 3.70. The number of nitrogens with one attached hydrogen (secondary N) is 1. The van der Waals surface area contributed by atoms with E-state index in [1.54, 1.807) is 18.2 Å². The van der Waals surface area contributed by atoms with Gasteiger partial charge in [-0.3, -0.25) is 15.0 Å². The first-order valence-corrected chi connectivity index (χ1v) is 9.75. The Labute approximate surface area is 176 Å². The van der Waals surface area contributed by atoms with Crippen LogP contribution < -0.4 is 15.3 Å². The van der Waals surface area contributed by atoms with Gasteiger partial charge in [0.15, 0.2) is 0 Å². The maximum absolute atomic E-state index is 12.9. The molecule has 0 aliphatic carbocycles. The normalized spacial score (nSPS) is 15.1. The van der Waals surface area contributed by atoms with Gasteiger partial charge in [0.1, 0.15) is 5.57 Å². The number of aromatic nitrogens is 1. The van der Waals surface area contributed by atoms with E-state index in [1.165, 1.54) is 5.01 Å². The fraction of sp³-hybridized carbons (Fsp3) is 0.167. The minimum Gasteiger partial charge on any atom is -0.378 e. The topological polar surface area (TPSA) is 57.6 Å². The van der Waals surface area contributed by atoms with E-state index >= 15 is 0 Å². The minimum atomic E-state index is -0.399. The molecular weight excluding hydrogens is 376 g/mol. The van der Waals surface area contributed by atoms with Crippen LogP contribution in [0.3, 0.4) is 0 Å². The van der Waals surface area contributed by atoms with Crippen molar-refractivity contribution in [2.75, 3.05) is 24.0 Å². The molecule has 0 atom stereocenters. The summed E-state index contributed by atoms with van der Waals surface area (Å²) in [6.45, 7) is 4.01. The Bertz CT molecular complexity index is 1140. The lowest BCUT2D eigenvalue weighted by Crippen LogP contribution is -2.35. The Morgan fingerprint density at radius 2 is 1.57 bits per heavy atom. The molecule has 3 aromatic rings. The van der Waals surface area contributed by atoms with Crippen LogP contribution in [0.5, 0.6) is 0 Å². The molecule has 2 aromatic carbocycles. The number of rotatable bonds is 4. The Kier molecular flexibility index (Phi) is 4.91. The highest BCUT2D eigenvalue weighted by Crippen LogP contribution is 2.26. The second kappa shape index (κ2) is 7.55. The van der Waals surface area contributed by atoms with E-state index in [0.29, 0.717) is 5.69 Å². The van der Waals surface area contributed by atoms with Gasteiger partial charge < -0.3 is 9.47 Å². The van der Waals surface area contributed by atoms with Crippen molar-refractivity contribution in [2.45, 2.75) is 13.8 Å². The number of carbonyl (C=O) groups excluding carboxylic acids is 2. The average Bonchev–Trinajstić information content (AvgIpc) is 3.18. The van der Waals surface area contributed by atoms with E-state index in [1.807, 2.05) is 52.2 Å². The quantitative estimate of drug-likeness (QED) is 0.538. The van der Waals surface area contributed by atoms with E-state index < -0.39 is 5.91 Å². The molecule has 0 saturated carbocycles. The molecule has 0 spiro atoms. The molecule has 2 amide bonds. The zero-order chi connectivity index (χ0) is 21.4. The first-order chi connectivity index (χ1) is 14.4. The van der Waals surface area contributed by atoms with Gasteiger partial charge in [-0.15, -0.1) is 0 Å². The lowest BCUT2D eigenvalue weighted by molar-refractivity contribution is -0.117. The third-order valence-electron chi connectivity index (χ3n) is 5.30. The summed E-state index contributed by atoms with van der Waals surface area (Å²) in [7, 11) is 4.02. The highest BCUT2D eigenvalue weighted by molar-refractivity contribution is 6.31. The molecule has 6 nitrogen and oxygen atoms in total. The molecule has 2 heterocycles. The van der Waals surface area contributed by atoms with Gasteiger partial charge in [-0.1, -0.05) is 18.2 Å². The number of benzene rings is 2. The van der Waals surface area contributed by atoms with Crippen LogP contribution in [0.2, 0.25) is 0 Å². The van der Waals surface area contributed by atoms with E-state index in [4.69, 9.17) is 0 Å². The van der Waals surface area contributed by atoms with Crippen molar-refractivity contribution < 1.29 is 9.59 Å². The minimum absolute atomic E-state index is 0.127. The van der Waals surface area contributed by atoms with Gasteiger partial charge >= 0.3 is 0 Å². The fourth-order valence-electron chi connectivity index (χ4n) is 3.70. The van der Waals surface area contributed by atoms with Crippen molar-refractivity contribution in [1.29, 1.82) is 0 Å². The van der Waals surface area contributed by atoms with Crippen molar-refractivity contribution in [2.24, 2.45) is 0 Å². The Morgan fingerprint density at radius 3 is 2.20 bits per heavy atom. The van der Waals surface area contributed by atoms with E-state index in [0.717, 1.165) is 28.3 Å². The van der Waals surface area contributed by atoms with E-state index in [2.05, 4.69) is 39.2 Å². The highest BCUT2D eigenvalue weighted by Gasteiger charge is 2.34. The van der Waals surface area contributed by atoms with E-state index in [9.17, 15) is 9.59 Å². The summed E-state index contributed by atoms with van der Waals surface area (Å²) in [6, 6.07) is 19.3. The van der Waals surface area contributed by atoms with Crippen LogP contribution in [0.1, 0.15) is 17.0 Å². The number of nitrogens with zero attached hydrogens (tertiary/aromatic N) is 3. The molecule has 1 aliphatic rings. The lowest BCUT2D eigenvalue weighted by atomic mass is 10.1. The number of hydrazine groups is 1. The number of aryl methyl sites for hydroxylation is 1. The third-order valence-corrected chi connectivity index (χ3v) is 5.30. The maximum atomic E-state index is 12.9. The SMILES string of the molecule is Cc1cc(C=C2C(=O)NN(c3ccccc3)C2=O)c(C)n1-c1ccc(N(C)C)cc1. The predicted octanol–water partition coefficient (Wildman–Crippen LogP) is 3.62. The van der Waals surface area contributed by atoms with Crippen LogP contribution in [0.15, 0.2) is 66.2 Å². The molecule has 0 bridgehead atoms. The predicted molar refractivity (Wildman–Crippen MR) is 120 cm³/mol. The van der Waals surface area contributed by atoms with Gasteiger partial charge in [0.2, 0.25) is 0 Å². The molecule has 4 rings (SSSR count). The van der Waals surface area contributed by atoms with Crippen LogP contribution in [0, 0.1) is 13.8 Å². The number of amides is 2. The Hall–Kier alpha value is -3.80. The van der Waals surface area contributed by atoms with Crippen LogP contribution >= 0.6 is 0 Å². The summed E-state index contributed by atoms with van der Waals surface area (Å²) in [5, 5.41) is 1.29. The summed E-state index contributed by atoms with van der Waals surface area (Å²) in [5.41, 5.74) is 8.40. The van der Waals surface area contributed by atoms with Crippen molar-refractivity contribution in [1.82, 2.24) is 9.99 Å². The van der Waals surface area contributed by atoms with Gasteiger partial charge in [0.05, 0.1) is 5.69 Å². The van der Waals surface area contributed by atoms with Crippen LogP contribution in [-0.4, -0.2) is 30.5 Å². The molecule has 152 valence electrons. The average molecular weight is 400 g/mol. The molecule has 1 aromatic heterocycles. The Morgan fingerprint density at radius 1 is 0.900 bits per heavy atom. The van der Waals surface area contributed by atoms with Crippen molar-refractivity contribution in [3.8, 4) is 5.69 Å². The van der Waals surface area contributed by atoms with Crippen molar-refractivity contribution >= 4 is 29.3 Å². The van der Waals surface area contributed by atoms with Crippen LogP contribution in [0.25, 0.3) is 11.8 Å². The largest absolute Gasteiger partial charge is 0.378 e. The van der Waals surface area contributed by atoms with Gasteiger partial charge in [-0.2, -0.15) is 0 Å². The molecule has 1 fully saturated rings. The first-order valence-electron chi connectivity index (χ1n) is 9.75. The number of anilines is 2. The van der Waals surface area contributed by atoms with Crippen molar-refractivity contribution in [3.05, 3.63) is 83.2 Å². The number of hydrogen-bond donors (Lipinski definition) is 1. The molecule has 1 N–H and O–H groups in total. The zero-order valence-corrected chi connectivity index (χ0v) is 17.5. The highest BCUT2D eigenvalue weighted by atomic mass is 16.2. The molecule has 6 heteroatoms. The summed E-state index contributed by atoms with van der Waals surface area (Å²) in [6.07, 6.45) is 1.67. The number of hydrogen-bond acceptors (Lipinski definition) is 3. The first kappa shape index (κ1) is 19.5. The summed E-state index contributed by atoms with van der Waals surface area (Å²) in [4.78, 5) is 27.4. The molecule has 0 unspecified atom stereocenters. The summed E-state index contributed by atoms with van der Waals surface area (Å²) >= 11 is 0. The van der Waals surface area contributed by atoms with Gasteiger partial charge in [0, 0.05) is 36.9 Å². The molecule has 0 radical (unpaired) electrons. The third kappa shape index (κ3) is 3.37. The number of para-hydroxylation sites is 1. The second-order valence-electron chi connectivity index (χ2n) is 7.55. The standard InChI is InChI=1S/C24H24N4O2/c1-16-14-18(17(2)27(16)20-12-10-19(11-13-20)26(3)4)15-22-23(29)25-28(24(22)30)21-8-6-5-7-9-21/h5-15H,1-4H3,(H,25,29). The molecule has 30 heavy (non-hydrogen) atoms. The monoisotopic (exact) mass is 400 g/mol. The lowest BCUT2D eigenvalue weighted by Gasteiger charge is -2.15. The Balaban J connectivity index is 1.69. The molecule has 1 aliphatic heterocycles. The summed E-state index contributed by atoms with van der Waals surface area (Å²) in [5.74, 6) is -0.754. The van der Waals surface area contributed by atoms with Crippen LogP contribution in [0.4, 0.5) is 11.4 Å². The zero-order valence-electron chi connectivity index (χ0n) is 17.5. The molecular formula is C24H24N4O2. The number of carbonyl (C=O) groups is 2. The second-order valence-corrected chi connectivity index (χ2v) is 7.55. The van der Waals surface area contributed by atoms with Gasteiger partial charge in [-0.05, 0) is 68.0 Å².